The number of fused-ring (bicyclic) bond motifs is 1. The number of aliphatic imine (C=N–C) groups is 1. The van der Waals surface area contributed by atoms with Crippen LogP contribution in [0.5, 0.6) is 0 Å². The number of benzene rings is 2. The zero-order valence-electron chi connectivity index (χ0n) is 10.6. The third-order valence-electron chi connectivity index (χ3n) is 3.41. The fourth-order valence-corrected chi connectivity index (χ4v) is 2.51. The van der Waals surface area contributed by atoms with Crippen LogP contribution in [0, 0.1) is 0 Å². The summed E-state index contributed by atoms with van der Waals surface area (Å²) in [5.74, 6) is 0. The molecule has 2 aromatic rings. The van der Waals surface area contributed by atoms with E-state index in [1.807, 2.05) is 24.3 Å². The van der Waals surface area contributed by atoms with Crippen LogP contribution in [-0.2, 0) is 12.6 Å². The molecule has 0 radical (unpaired) electrons. The molecule has 0 fully saturated rings. The van der Waals surface area contributed by atoms with Gasteiger partial charge >= 0.3 is 6.18 Å². The van der Waals surface area contributed by atoms with Gasteiger partial charge in [0.05, 0.1) is 11.3 Å². The molecule has 0 saturated heterocycles. The van der Waals surface area contributed by atoms with Crippen LogP contribution in [0.15, 0.2) is 53.5 Å². The molecular weight excluding hydrogens is 263 g/mol. The van der Waals surface area contributed by atoms with Crippen LogP contribution < -0.4 is 0 Å². The topological polar surface area (TPSA) is 12.4 Å². The maximum Gasteiger partial charge on any atom is 0.417 e. The Morgan fingerprint density at radius 2 is 1.50 bits per heavy atom. The van der Waals surface area contributed by atoms with Crippen molar-refractivity contribution in [1.82, 2.24) is 0 Å². The molecule has 1 aliphatic rings. The summed E-state index contributed by atoms with van der Waals surface area (Å²) in [6.07, 6.45) is -3.60. The van der Waals surface area contributed by atoms with Crippen molar-refractivity contribution in [1.29, 1.82) is 0 Å². The molecule has 0 N–H and O–H groups in total. The molecule has 0 aliphatic carbocycles. The van der Waals surface area contributed by atoms with Crippen molar-refractivity contribution in [3.05, 3.63) is 70.8 Å². The molecule has 2 aromatic carbocycles. The van der Waals surface area contributed by atoms with E-state index in [2.05, 4.69) is 4.99 Å². The summed E-state index contributed by atoms with van der Waals surface area (Å²) < 4.78 is 39.4. The van der Waals surface area contributed by atoms with Gasteiger partial charge in [-0.3, -0.25) is 4.99 Å². The Bertz CT molecular complexity index is 671. The van der Waals surface area contributed by atoms with E-state index in [-0.39, 0.29) is 5.56 Å². The Morgan fingerprint density at radius 3 is 2.25 bits per heavy atom. The van der Waals surface area contributed by atoms with Crippen LogP contribution in [0.4, 0.5) is 13.2 Å². The van der Waals surface area contributed by atoms with Crippen molar-refractivity contribution in [2.24, 2.45) is 4.99 Å². The van der Waals surface area contributed by atoms with Gasteiger partial charge in [-0.15, -0.1) is 0 Å². The van der Waals surface area contributed by atoms with Crippen molar-refractivity contribution in [3.8, 4) is 0 Å². The average molecular weight is 275 g/mol. The predicted molar refractivity (Wildman–Crippen MR) is 72.1 cm³/mol. The Hall–Kier alpha value is -2.10. The quantitative estimate of drug-likeness (QED) is 0.743. The van der Waals surface area contributed by atoms with Gasteiger partial charge in [-0.1, -0.05) is 42.5 Å². The Balaban J connectivity index is 2.18. The van der Waals surface area contributed by atoms with Gasteiger partial charge in [0.15, 0.2) is 0 Å². The molecule has 0 unspecified atom stereocenters. The monoisotopic (exact) mass is 275 g/mol. The maximum atomic E-state index is 13.1. The van der Waals surface area contributed by atoms with E-state index < -0.39 is 11.7 Å². The highest BCUT2D eigenvalue weighted by atomic mass is 19.4. The summed E-state index contributed by atoms with van der Waals surface area (Å²) >= 11 is 0. The molecule has 0 saturated carbocycles. The van der Waals surface area contributed by atoms with Gasteiger partial charge in [0.25, 0.3) is 0 Å². The normalized spacial score (nSPS) is 14.7. The lowest BCUT2D eigenvalue weighted by molar-refractivity contribution is -0.137. The summed E-state index contributed by atoms with van der Waals surface area (Å²) in [6.45, 7) is 0.526. The highest BCUT2D eigenvalue weighted by molar-refractivity contribution is 6.15. The van der Waals surface area contributed by atoms with E-state index in [1.165, 1.54) is 12.1 Å². The number of hydrogen-bond acceptors (Lipinski definition) is 1. The summed E-state index contributed by atoms with van der Waals surface area (Å²) in [5.41, 5.74) is 1.83. The first kappa shape index (κ1) is 12.9. The average Bonchev–Trinajstić information content (AvgIpc) is 2.46. The second-order valence-electron chi connectivity index (χ2n) is 4.68. The highest BCUT2D eigenvalue weighted by Crippen LogP contribution is 2.34. The van der Waals surface area contributed by atoms with E-state index in [0.29, 0.717) is 12.3 Å². The van der Waals surface area contributed by atoms with E-state index in [4.69, 9.17) is 0 Å². The second kappa shape index (κ2) is 4.78. The van der Waals surface area contributed by atoms with Gasteiger partial charge in [0.2, 0.25) is 0 Å². The van der Waals surface area contributed by atoms with Crippen LogP contribution in [-0.4, -0.2) is 12.3 Å². The molecule has 4 heteroatoms. The van der Waals surface area contributed by atoms with Crippen LogP contribution in [0.2, 0.25) is 0 Å². The number of alkyl halides is 3. The van der Waals surface area contributed by atoms with Gasteiger partial charge in [-0.05, 0) is 18.1 Å². The van der Waals surface area contributed by atoms with Crippen molar-refractivity contribution in [2.45, 2.75) is 12.6 Å². The molecule has 1 aliphatic heterocycles. The molecule has 0 aromatic heterocycles. The lowest BCUT2D eigenvalue weighted by Crippen LogP contribution is -2.19. The molecule has 102 valence electrons. The lowest BCUT2D eigenvalue weighted by atomic mass is 9.91. The van der Waals surface area contributed by atoms with Gasteiger partial charge in [-0.2, -0.15) is 13.2 Å². The smallest absolute Gasteiger partial charge is 0.284 e. The zero-order valence-corrected chi connectivity index (χ0v) is 10.6. The fourth-order valence-electron chi connectivity index (χ4n) is 2.51. The molecule has 1 heterocycles. The summed E-state index contributed by atoms with van der Waals surface area (Å²) in [5, 5.41) is 0. The van der Waals surface area contributed by atoms with Crippen molar-refractivity contribution in [3.63, 3.8) is 0 Å². The minimum Gasteiger partial charge on any atom is -0.284 e. The van der Waals surface area contributed by atoms with Gasteiger partial charge in [-0.25, -0.2) is 0 Å². The van der Waals surface area contributed by atoms with Gasteiger partial charge in [0.1, 0.15) is 0 Å². The molecule has 20 heavy (non-hydrogen) atoms. The molecule has 3 rings (SSSR count). The van der Waals surface area contributed by atoms with E-state index >= 15 is 0 Å². The first-order chi connectivity index (χ1) is 9.57. The molecular formula is C16H12F3N. The predicted octanol–water partition coefficient (Wildman–Crippen LogP) is 4.10. The molecule has 0 spiro atoms. The van der Waals surface area contributed by atoms with E-state index in [9.17, 15) is 13.2 Å². The molecule has 0 atom stereocenters. The minimum absolute atomic E-state index is 0.159. The SMILES string of the molecule is FC(F)(F)c1ccccc1C1=NCCc2ccccc21. The van der Waals surface area contributed by atoms with Gasteiger partial charge < -0.3 is 0 Å². The standard InChI is InChI=1S/C16H12F3N/c17-16(18,19)14-8-4-3-7-13(14)15-12-6-2-1-5-11(12)9-10-20-15/h1-8H,9-10H2. The number of rotatable bonds is 1. The van der Waals surface area contributed by atoms with Gasteiger partial charge in [0, 0.05) is 17.7 Å². The van der Waals surface area contributed by atoms with Crippen molar-refractivity contribution in [2.75, 3.05) is 6.54 Å². The minimum atomic E-state index is -4.37. The molecule has 1 nitrogen and oxygen atoms in total. The Labute approximate surface area is 114 Å². The number of halogens is 3. The first-order valence-electron chi connectivity index (χ1n) is 6.37. The lowest BCUT2D eigenvalue weighted by Gasteiger charge is -2.20. The second-order valence-corrected chi connectivity index (χ2v) is 4.68. The molecule has 0 amide bonds. The summed E-state index contributed by atoms with van der Waals surface area (Å²) in [6, 6.07) is 13.1. The Morgan fingerprint density at radius 1 is 0.850 bits per heavy atom. The largest absolute Gasteiger partial charge is 0.417 e. The Kier molecular flexibility index (Phi) is 3.08. The number of hydrogen-bond donors (Lipinski definition) is 0. The van der Waals surface area contributed by atoms with Crippen LogP contribution in [0.1, 0.15) is 22.3 Å². The van der Waals surface area contributed by atoms with Crippen LogP contribution in [0.3, 0.4) is 0 Å². The number of nitrogens with zero attached hydrogens (tertiary/aromatic N) is 1. The van der Waals surface area contributed by atoms with E-state index in [0.717, 1.165) is 23.6 Å². The zero-order chi connectivity index (χ0) is 14.2. The third-order valence-corrected chi connectivity index (χ3v) is 3.41. The van der Waals surface area contributed by atoms with Crippen LogP contribution in [0.25, 0.3) is 0 Å². The van der Waals surface area contributed by atoms with Crippen molar-refractivity contribution >= 4 is 5.71 Å². The molecule has 0 bridgehead atoms. The van der Waals surface area contributed by atoms with Crippen molar-refractivity contribution < 1.29 is 13.2 Å². The highest BCUT2D eigenvalue weighted by Gasteiger charge is 2.34. The maximum absolute atomic E-state index is 13.1. The van der Waals surface area contributed by atoms with E-state index in [1.54, 1.807) is 6.07 Å². The summed E-state index contributed by atoms with van der Waals surface area (Å²) in [7, 11) is 0. The van der Waals surface area contributed by atoms with Crippen LogP contribution >= 0.6 is 0 Å². The third kappa shape index (κ3) is 2.22. The summed E-state index contributed by atoms with van der Waals surface area (Å²) in [4.78, 5) is 4.33. The fraction of sp³-hybridized carbons (Fsp3) is 0.188. The first-order valence-corrected chi connectivity index (χ1v) is 6.37.